The van der Waals surface area contributed by atoms with Crippen molar-refractivity contribution in [3.8, 4) is 0 Å². The molecule has 32 heavy (non-hydrogen) atoms. The molecule has 0 saturated carbocycles. The molecule has 0 saturated heterocycles. The van der Waals surface area contributed by atoms with E-state index in [2.05, 4.69) is 0 Å². The predicted octanol–water partition coefficient (Wildman–Crippen LogP) is 6.11. The lowest BCUT2D eigenvalue weighted by Gasteiger charge is -2.25. The summed E-state index contributed by atoms with van der Waals surface area (Å²) < 4.78 is 11.1. The fraction of sp³-hybridized carbons (Fsp3) is 0.0833. The average molecular weight is 468 g/mol. The topological polar surface area (TPSA) is 83.9 Å². The van der Waals surface area contributed by atoms with E-state index in [-0.39, 0.29) is 17.9 Å². The summed E-state index contributed by atoms with van der Waals surface area (Å²) in [6, 6.07) is 15.8. The molecule has 4 aromatic rings. The summed E-state index contributed by atoms with van der Waals surface area (Å²) in [4.78, 5) is 27.9. The Hall–Kier alpha value is -3.48. The van der Waals surface area contributed by atoms with Gasteiger partial charge in [0.2, 0.25) is 5.78 Å². The Labute approximate surface area is 192 Å². The normalized spacial score (nSPS) is 16.4. The summed E-state index contributed by atoms with van der Waals surface area (Å²) in [5.74, 6) is -1.39. The van der Waals surface area contributed by atoms with Crippen molar-refractivity contribution in [3.63, 3.8) is 0 Å². The predicted molar refractivity (Wildman–Crippen MR) is 119 cm³/mol. The van der Waals surface area contributed by atoms with Crippen LogP contribution < -0.4 is 0 Å². The third-order valence-electron chi connectivity index (χ3n) is 5.34. The van der Waals surface area contributed by atoms with E-state index in [1.807, 2.05) is 0 Å². The van der Waals surface area contributed by atoms with Gasteiger partial charge in [-0.2, -0.15) is 0 Å². The first kappa shape index (κ1) is 20.4. The molecule has 160 valence electrons. The highest BCUT2D eigenvalue weighted by Crippen LogP contribution is 2.41. The number of aliphatic hydroxyl groups excluding tert-OH is 1. The fourth-order valence-electron chi connectivity index (χ4n) is 3.87. The maximum atomic E-state index is 13.5. The van der Waals surface area contributed by atoms with Crippen LogP contribution in [0.25, 0.3) is 11.0 Å². The van der Waals surface area contributed by atoms with E-state index >= 15 is 0 Å². The summed E-state index contributed by atoms with van der Waals surface area (Å²) in [5, 5.41) is 12.4. The molecule has 8 heteroatoms. The Morgan fingerprint density at radius 3 is 2.50 bits per heavy atom. The largest absolute Gasteiger partial charge is 0.503 e. The Kier molecular flexibility index (Phi) is 5.04. The summed E-state index contributed by atoms with van der Waals surface area (Å²) in [6.45, 7) is 0.0652. The standard InChI is InChI=1S/C24H15Cl2NO5/c25-15-5-3-13(4-6-15)21-20(23(29)24(30)27(21)12-17-2-1-9-31-17)22(28)19-11-14-10-16(26)7-8-18(14)32-19/h1-11,21,29H,12H2. The average Bonchev–Trinajstić information content (AvgIpc) is 3.49. The second kappa shape index (κ2) is 7.89. The molecule has 1 amide bonds. The number of nitrogens with zero attached hydrogens (tertiary/aromatic N) is 1. The smallest absolute Gasteiger partial charge is 0.290 e. The quantitative estimate of drug-likeness (QED) is 0.357. The molecule has 1 unspecified atom stereocenters. The minimum Gasteiger partial charge on any atom is -0.503 e. The number of rotatable bonds is 5. The minimum atomic E-state index is -0.853. The van der Waals surface area contributed by atoms with E-state index in [1.54, 1.807) is 60.7 Å². The zero-order valence-electron chi connectivity index (χ0n) is 16.4. The molecule has 3 heterocycles. The molecular weight excluding hydrogens is 453 g/mol. The molecule has 5 rings (SSSR count). The van der Waals surface area contributed by atoms with Crippen molar-refractivity contribution < 1.29 is 23.5 Å². The molecule has 2 aromatic heterocycles. The van der Waals surface area contributed by atoms with Crippen molar-refractivity contribution in [2.24, 2.45) is 0 Å². The van der Waals surface area contributed by atoms with Crippen molar-refractivity contribution in [3.05, 3.63) is 105 Å². The van der Waals surface area contributed by atoms with Crippen LogP contribution in [-0.4, -0.2) is 21.7 Å². The van der Waals surface area contributed by atoms with Gasteiger partial charge in [-0.1, -0.05) is 35.3 Å². The number of benzene rings is 2. The lowest BCUT2D eigenvalue weighted by atomic mass is 9.95. The lowest BCUT2D eigenvalue weighted by molar-refractivity contribution is -0.130. The van der Waals surface area contributed by atoms with Crippen LogP contribution in [0, 0.1) is 0 Å². The Balaban J connectivity index is 1.60. The van der Waals surface area contributed by atoms with Crippen molar-refractivity contribution in [2.45, 2.75) is 12.6 Å². The number of hydrogen-bond donors (Lipinski definition) is 1. The van der Waals surface area contributed by atoms with Crippen molar-refractivity contribution >= 4 is 45.9 Å². The first-order valence-electron chi connectivity index (χ1n) is 9.68. The molecule has 1 N–H and O–H groups in total. The Bertz CT molecular complexity index is 1370. The molecule has 1 atom stereocenters. The monoisotopic (exact) mass is 467 g/mol. The number of amides is 1. The van der Waals surface area contributed by atoms with Gasteiger partial charge in [-0.3, -0.25) is 9.59 Å². The number of hydrogen-bond acceptors (Lipinski definition) is 5. The van der Waals surface area contributed by atoms with Crippen LogP contribution in [0.15, 0.2) is 87.1 Å². The molecule has 0 aliphatic carbocycles. The second-order valence-electron chi connectivity index (χ2n) is 7.35. The Morgan fingerprint density at radius 2 is 1.78 bits per heavy atom. The molecule has 0 radical (unpaired) electrons. The number of ketones is 1. The van der Waals surface area contributed by atoms with Gasteiger partial charge in [0, 0.05) is 15.4 Å². The van der Waals surface area contributed by atoms with E-state index < -0.39 is 23.5 Å². The zero-order chi connectivity index (χ0) is 22.4. The van der Waals surface area contributed by atoms with Crippen LogP contribution in [0.4, 0.5) is 0 Å². The van der Waals surface area contributed by atoms with E-state index in [1.165, 1.54) is 11.2 Å². The van der Waals surface area contributed by atoms with Gasteiger partial charge in [0.15, 0.2) is 11.5 Å². The van der Waals surface area contributed by atoms with Gasteiger partial charge in [0.1, 0.15) is 11.3 Å². The van der Waals surface area contributed by atoms with Gasteiger partial charge >= 0.3 is 0 Å². The number of fused-ring (bicyclic) bond motifs is 1. The SMILES string of the molecule is O=C(C1=C(O)C(=O)N(Cc2ccco2)C1c1ccc(Cl)cc1)c1cc2cc(Cl)ccc2o1. The van der Waals surface area contributed by atoms with Crippen LogP contribution in [0.2, 0.25) is 10.0 Å². The van der Waals surface area contributed by atoms with Crippen LogP contribution in [0.3, 0.4) is 0 Å². The van der Waals surface area contributed by atoms with Crippen molar-refractivity contribution in [1.82, 2.24) is 4.90 Å². The first-order valence-corrected chi connectivity index (χ1v) is 10.4. The molecule has 0 spiro atoms. The lowest BCUT2D eigenvalue weighted by Crippen LogP contribution is -2.30. The van der Waals surface area contributed by atoms with Crippen LogP contribution >= 0.6 is 23.2 Å². The number of furan rings is 2. The minimum absolute atomic E-state index is 0.00423. The molecular formula is C24H15Cl2NO5. The maximum absolute atomic E-state index is 13.5. The summed E-state index contributed by atoms with van der Waals surface area (Å²) in [5.41, 5.74) is 1.01. The molecule has 2 aromatic carbocycles. The number of carbonyl (C=O) groups is 2. The Morgan fingerprint density at radius 1 is 1.03 bits per heavy atom. The molecule has 1 aliphatic heterocycles. The number of halogens is 2. The van der Waals surface area contributed by atoms with Crippen molar-refractivity contribution in [2.75, 3.05) is 0 Å². The zero-order valence-corrected chi connectivity index (χ0v) is 17.9. The first-order chi connectivity index (χ1) is 15.4. The maximum Gasteiger partial charge on any atom is 0.290 e. The van der Waals surface area contributed by atoms with Gasteiger partial charge in [-0.25, -0.2) is 0 Å². The van der Waals surface area contributed by atoms with E-state index in [4.69, 9.17) is 32.0 Å². The summed E-state index contributed by atoms with van der Waals surface area (Å²) in [6.07, 6.45) is 1.49. The van der Waals surface area contributed by atoms with Gasteiger partial charge in [-0.05, 0) is 54.1 Å². The van der Waals surface area contributed by atoms with Crippen LogP contribution in [0.1, 0.15) is 27.9 Å². The highest BCUT2D eigenvalue weighted by Gasteiger charge is 2.44. The van der Waals surface area contributed by atoms with E-state index in [0.29, 0.717) is 32.3 Å². The number of aliphatic hydroxyl groups is 1. The van der Waals surface area contributed by atoms with Crippen molar-refractivity contribution in [1.29, 1.82) is 0 Å². The highest BCUT2D eigenvalue weighted by atomic mass is 35.5. The molecule has 0 fully saturated rings. The van der Waals surface area contributed by atoms with Crippen LogP contribution in [0.5, 0.6) is 0 Å². The van der Waals surface area contributed by atoms with Gasteiger partial charge in [0.25, 0.3) is 5.91 Å². The highest BCUT2D eigenvalue weighted by molar-refractivity contribution is 6.31. The number of carbonyl (C=O) groups excluding carboxylic acids is 2. The number of Topliss-reactive ketones (excluding diaryl/α,β-unsaturated/α-hetero) is 1. The summed E-state index contributed by atoms with van der Waals surface area (Å²) in [7, 11) is 0. The summed E-state index contributed by atoms with van der Waals surface area (Å²) >= 11 is 12.1. The molecule has 1 aliphatic rings. The van der Waals surface area contributed by atoms with Gasteiger partial charge in [-0.15, -0.1) is 0 Å². The molecule has 0 bridgehead atoms. The van der Waals surface area contributed by atoms with E-state index in [0.717, 1.165) is 0 Å². The third kappa shape index (κ3) is 3.47. The fourth-order valence-corrected chi connectivity index (χ4v) is 4.18. The van der Waals surface area contributed by atoms with E-state index in [9.17, 15) is 14.7 Å². The van der Waals surface area contributed by atoms with Gasteiger partial charge in [0.05, 0.1) is 24.4 Å². The molecule has 6 nitrogen and oxygen atoms in total. The van der Waals surface area contributed by atoms with Crippen LogP contribution in [-0.2, 0) is 11.3 Å². The van der Waals surface area contributed by atoms with Gasteiger partial charge < -0.3 is 18.8 Å². The second-order valence-corrected chi connectivity index (χ2v) is 8.22. The third-order valence-corrected chi connectivity index (χ3v) is 5.83.